The fourth-order valence-corrected chi connectivity index (χ4v) is 3.18. The molecule has 1 aliphatic rings. The number of rotatable bonds is 6. The van der Waals surface area contributed by atoms with E-state index < -0.39 is 0 Å². The van der Waals surface area contributed by atoms with Crippen molar-refractivity contribution in [2.45, 2.75) is 32.7 Å². The summed E-state index contributed by atoms with van der Waals surface area (Å²) in [5.74, 6) is 1.59. The van der Waals surface area contributed by atoms with E-state index in [1.165, 1.54) is 0 Å². The largest absolute Gasteiger partial charge is 0.497 e. The van der Waals surface area contributed by atoms with Crippen LogP contribution in [0.25, 0.3) is 0 Å². The smallest absolute Gasteiger partial charge is 0.226 e. The van der Waals surface area contributed by atoms with Crippen LogP contribution in [-0.4, -0.2) is 31.0 Å². The molecule has 0 spiro atoms. The Morgan fingerprint density at radius 2 is 2.05 bits per heavy atom. The van der Waals surface area contributed by atoms with Gasteiger partial charge in [0.15, 0.2) is 0 Å². The van der Waals surface area contributed by atoms with Crippen molar-refractivity contribution in [1.82, 2.24) is 4.90 Å². The van der Waals surface area contributed by atoms with Gasteiger partial charge >= 0.3 is 0 Å². The van der Waals surface area contributed by atoms with E-state index >= 15 is 0 Å². The summed E-state index contributed by atoms with van der Waals surface area (Å²) in [6.07, 6.45) is 3.20. The molecule has 0 aliphatic heterocycles. The molecule has 1 amide bonds. The fraction of sp³-hybridized carbons (Fsp3) is 0.588. The van der Waals surface area contributed by atoms with E-state index in [-0.39, 0.29) is 11.8 Å². The maximum atomic E-state index is 12.7. The van der Waals surface area contributed by atoms with Crippen molar-refractivity contribution < 1.29 is 9.53 Å². The van der Waals surface area contributed by atoms with Crippen LogP contribution in [0.4, 0.5) is 0 Å². The highest BCUT2D eigenvalue weighted by molar-refractivity contribution is 5.79. The van der Waals surface area contributed by atoms with Crippen LogP contribution in [0.15, 0.2) is 24.3 Å². The van der Waals surface area contributed by atoms with Gasteiger partial charge in [0.25, 0.3) is 0 Å². The second-order valence-electron chi connectivity index (χ2n) is 5.73. The monoisotopic (exact) mass is 290 g/mol. The van der Waals surface area contributed by atoms with Crippen molar-refractivity contribution in [2.75, 3.05) is 20.2 Å². The summed E-state index contributed by atoms with van der Waals surface area (Å²) in [4.78, 5) is 14.7. The molecule has 1 fully saturated rings. The summed E-state index contributed by atoms with van der Waals surface area (Å²) < 4.78 is 5.16. The molecule has 2 rings (SSSR count). The quantitative estimate of drug-likeness (QED) is 0.875. The molecule has 1 aromatic rings. The third-order valence-corrected chi connectivity index (χ3v) is 4.50. The number of ether oxygens (including phenoxy) is 1. The topological polar surface area (TPSA) is 55.6 Å². The van der Waals surface area contributed by atoms with Gasteiger partial charge in [-0.15, -0.1) is 0 Å². The highest BCUT2D eigenvalue weighted by Crippen LogP contribution is 2.32. The van der Waals surface area contributed by atoms with Crippen LogP contribution in [0, 0.1) is 11.8 Å². The molecule has 2 atom stereocenters. The molecule has 1 aliphatic carbocycles. The lowest BCUT2D eigenvalue weighted by atomic mass is 9.94. The number of amides is 1. The molecular weight excluding hydrogens is 264 g/mol. The van der Waals surface area contributed by atoms with Gasteiger partial charge in [0.05, 0.1) is 7.11 Å². The van der Waals surface area contributed by atoms with Crippen LogP contribution < -0.4 is 10.5 Å². The molecule has 2 N–H and O–H groups in total. The third-order valence-electron chi connectivity index (χ3n) is 4.50. The molecule has 0 saturated heterocycles. The third kappa shape index (κ3) is 3.76. The minimum atomic E-state index is 0.119. The van der Waals surface area contributed by atoms with E-state index in [9.17, 15) is 4.79 Å². The number of nitrogens with zero attached hydrogens (tertiary/aromatic N) is 1. The Bertz CT molecular complexity index is 458. The van der Waals surface area contributed by atoms with E-state index in [2.05, 4.69) is 0 Å². The number of methoxy groups -OCH3 is 1. The lowest BCUT2D eigenvalue weighted by Gasteiger charge is -2.27. The van der Waals surface area contributed by atoms with E-state index in [1.807, 2.05) is 36.1 Å². The van der Waals surface area contributed by atoms with Crippen molar-refractivity contribution in [3.8, 4) is 5.75 Å². The summed E-state index contributed by atoms with van der Waals surface area (Å²) in [6, 6.07) is 7.91. The van der Waals surface area contributed by atoms with Gasteiger partial charge in [-0.05, 0) is 49.9 Å². The normalized spacial score (nSPS) is 21.3. The van der Waals surface area contributed by atoms with Gasteiger partial charge in [-0.1, -0.05) is 18.6 Å². The first-order valence-electron chi connectivity index (χ1n) is 7.81. The van der Waals surface area contributed by atoms with Gasteiger partial charge in [0.1, 0.15) is 5.75 Å². The van der Waals surface area contributed by atoms with Gasteiger partial charge in [-0.3, -0.25) is 4.79 Å². The first kappa shape index (κ1) is 15.8. The van der Waals surface area contributed by atoms with Crippen LogP contribution in [0.3, 0.4) is 0 Å². The summed E-state index contributed by atoms with van der Waals surface area (Å²) >= 11 is 0. The molecule has 0 radical (unpaired) electrons. The predicted octanol–water partition coefficient (Wildman–Crippen LogP) is 2.42. The molecule has 21 heavy (non-hydrogen) atoms. The Balaban J connectivity index is 2.02. The van der Waals surface area contributed by atoms with Crippen molar-refractivity contribution in [3.05, 3.63) is 29.8 Å². The predicted molar refractivity (Wildman–Crippen MR) is 84.0 cm³/mol. The second-order valence-corrected chi connectivity index (χ2v) is 5.73. The summed E-state index contributed by atoms with van der Waals surface area (Å²) in [6.45, 7) is 4.05. The van der Waals surface area contributed by atoms with Crippen molar-refractivity contribution in [2.24, 2.45) is 17.6 Å². The molecule has 4 heteroatoms. The first-order chi connectivity index (χ1) is 10.2. The minimum absolute atomic E-state index is 0.119. The zero-order valence-corrected chi connectivity index (χ0v) is 13.0. The molecule has 4 nitrogen and oxygen atoms in total. The lowest BCUT2D eigenvalue weighted by molar-refractivity contribution is -0.137. The van der Waals surface area contributed by atoms with Gasteiger partial charge in [-0.2, -0.15) is 0 Å². The van der Waals surface area contributed by atoms with E-state index in [0.29, 0.717) is 19.0 Å². The number of hydrogen-bond donors (Lipinski definition) is 1. The lowest BCUT2D eigenvalue weighted by Crippen LogP contribution is -2.38. The molecule has 1 aromatic carbocycles. The average Bonchev–Trinajstić information content (AvgIpc) is 3.01. The van der Waals surface area contributed by atoms with Crippen LogP contribution >= 0.6 is 0 Å². The zero-order valence-electron chi connectivity index (χ0n) is 13.0. The Kier molecular flexibility index (Phi) is 5.62. The van der Waals surface area contributed by atoms with Crippen molar-refractivity contribution >= 4 is 5.91 Å². The van der Waals surface area contributed by atoms with E-state index in [1.54, 1.807) is 7.11 Å². The Labute approximate surface area is 127 Å². The molecule has 116 valence electrons. The minimum Gasteiger partial charge on any atom is -0.497 e. The number of hydrogen-bond acceptors (Lipinski definition) is 3. The van der Waals surface area contributed by atoms with Gasteiger partial charge in [-0.25, -0.2) is 0 Å². The maximum Gasteiger partial charge on any atom is 0.226 e. The summed E-state index contributed by atoms with van der Waals surface area (Å²) in [5, 5.41) is 0. The SMILES string of the molecule is CCN(Cc1ccc(OC)cc1)C(=O)[C@@H]1CCC[C@@H]1CN. The molecule has 0 heterocycles. The molecule has 0 bridgehead atoms. The van der Waals surface area contributed by atoms with Gasteiger partial charge in [0.2, 0.25) is 5.91 Å². The Morgan fingerprint density at radius 1 is 1.33 bits per heavy atom. The number of carbonyl (C=O) groups is 1. The van der Waals surface area contributed by atoms with Crippen molar-refractivity contribution in [3.63, 3.8) is 0 Å². The number of carbonyl (C=O) groups excluding carboxylic acids is 1. The highest BCUT2D eigenvalue weighted by Gasteiger charge is 2.34. The average molecular weight is 290 g/mol. The van der Waals surface area contributed by atoms with Crippen LogP contribution in [-0.2, 0) is 11.3 Å². The van der Waals surface area contributed by atoms with Crippen LogP contribution in [0.1, 0.15) is 31.7 Å². The summed E-state index contributed by atoms with van der Waals surface area (Å²) in [7, 11) is 1.66. The molecule has 0 aromatic heterocycles. The maximum absolute atomic E-state index is 12.7. The Morgan fingerprint density at radius 3 is 2.62 bits per heavy atom. The first-order valence-corrected chi connectivity index (χ1v) is 7.81. The van der Waals surface area contributed by atoms with Crippen LogP contribution in [0.5, 0.6) is 5.75 Å². The second kappa shape index (κ2) is 7.46. The van der Waals surface area contributed by atoms with Crippen LogP contribution in [0.2, 0.25) is 0 Å². The van der Waals surface area contributed by atoms with E-state index in [4.69, 9.17) is 10.5 Å². The highest BCUT2D eigenvalue weighted by atomic mass is 16.5. The summed E-state index contributed by atoms with van der Waals surface area (Å²) in [5.41, 5.74) is 6.94. The zero-order chi connectivity index (χ0) is 15.2. The Hall–Kier alpha value is -1.55. The molecular formula is C17H26N2O2. The molecule has 0 unspecified atom stereocenters. The van der Waals surface area contributed by atoms with Gasteiger partial charge < -0.3 is 15.4 Å². The molecule has 1 saturated carbocycles. The number of nitrogens with two attached hydrogens (primary N) is 1. The fourth-order valence-electron chi connectivity index (χ4n) is 3.18. The van der Waals surface area contributed by atoms with Gasteiger partial charge in [0, 0.05) is 19.0 Å². The van der Waals surface area contributed by atoms with E-state index in [0.717, 1.165) is 37.1 Å². The standard InChI is InChI=1S/C17H26N2O2/c1-3-19(12-13-7-9-15(21-2)10-8-13)17(20)16-6-4-5-14(16)11-18/h7-10,14,16H,3-6,11-12,18H2,1-2H3/t14-,16-/m1/s1. The number of benzene rings is 1. The van der Waals surface area contributed by atoms with Crippen molar-refractivity contribution in [1.29, 1.82) is 0 Å².